The molecule has 0 aliphatic heterocycles. The molecule has 0 aliphatic rings. The number of halogens is 1. The van der Waals surface area contributed by atoms with Gasteiger partial charge in [0.1, 0.15) is 18.5 Å². The molecule has 1 aromatic heterocycles. The molecule has 144 valence electrons. The molecule has 9 heteroatoms. The zero-order valence-electron chi connectivity index (χ0n) is 14.9. The first-order valence-corrected chi connectivity index (χ1v) is 8.44. The maximum atomic E-state index is 13.0. The standard InChI is InChI=1S/C19H18FN5O3/c1-12(17(26)13-2-4-14(20)5-3-13)23-18(27)19(28)24-15-6-8-16(9-7-15)25-11-21-10-22-25/h2-12,17,26H,1H3,(H,23,27)(H,24,28). The van der Waals surface area contributed by atoms with Crippen LogP contribution >= 0.6 is 0 Å². The summed E-state index contributed by atoms with van der Waals surface area (Å²) >= 11 is 0. The van der Waals surface area contributed by atoms with Crippen LogP contribution in [0, 0.1) is 5.82 Å². The highest BCUT2D eigenvalue weighted by molar-refractivity contribution is 6.39. The summed E-state index contributed by atoms with van der Waals surface area (Å²) in [6.45, 7) is 1.55. The number of hydrogen-bond acceptors (Lipinski definition) is 5. The summed E-state index contributed by atoms with van der Waals surface area (Å²) < 4.78 is 14.5. The Morgan fingerprint density at radius 3 is 2.36 bits per heavy atom. The number of nitrogens with one attached hydrogen (secondary N) is 2. The molecular weight excluding hydrogens is 365 g/mol. The Balaban J connectivity index is 1.56. The quantitative estimate of drug-likeness (QED) is 0.580. The van der Waals surface area contributed by atoms with Gasteiger partial charge in [0.2, 0.25) is 0 Å². The first kappa shape index (κ1) is 19.2. The molecular formula is C19H18FN5O3. The maximum absolute atomic E-state index is 13.0. The fourth-order valence-corrected chi connectivity index (χ4v) is 2.53. The van der Waals surface area contributed by atoms with Gasteiger partial charge in [-0.1, -0.05) is 12.1 Å². The number of amides is 2. The van der Waals surface area contributed by atoms with Gasteiger partial charge in [0, 0.05) is 5.69 Å². The van der Waals surface area contributed by atoms with Crippen LogP contribution in [0.1, 0.15) is 18.6 Å². The van der Waals surface area contributed by atoms with Gasteiger partial charge in [0.05, 0.1) is 17.8 Å². The summed E-state index contributed by atoms with van der Waals surface area (Å²) in [5, 5.41) is 19.1. The van der Waals surface area contributed by atoms with Crippen LogP contribution in [0.2, 0.25) is 0 Å². The number of carbonyl (C=O) groups is 2. The number of rotatable bonds is 5. The lowest BCUT2D eigenvalue weighted by molar-refractivity contribution is -0.137. The van der Waals surface area contributed by atoms with Crippen LogP contribution in [-0.4, -0.2) is 37.7 Å². The van der Waals surface area contributed by atoms with Crippen molar-refractivity contribution in [1.29, 1.82) is 0 Å². The lowest BCUT2D eigenvalue weighted by Gasteiger charge is -2.20. The summed E-state index contributed by atoms with van der Waals surface area (Å²) in [4.78, 5) is 28.0. The molecule has 0 saturated heterocycles. The molecule has 2 aromatic carbocycles. The largest absolute Gasteiger partial charge is 0.386 e. The fraction of sp³-hybridized carbons (Fsp3) is 0.158. The molecule has 0 fully saturated rings. The Bertz CT molecular complexity index is 943. The van der Waals surface area contributed by atoms with E-state index in [1.807, 2.05) is 0 Å². The highest BCUT2D eigenvalue weighted by Gasteiger charge is 2.22. The van der Waals surface area contributed by atoms with Crippen molar-refractivity contribution in [2.24, 2.45) is 0 Å². The van der Waals surface area contributed by atoms with Gasteiger partial charge in [-0.15, -0.1) is 0 Å². The van der Waals surface area contributed by atoms with Gasteiger partial charge in [-0.05, 0) is 48.9 Å². The summed E-state index contributed by atoms with van der Waals surface area (Å²) in [6, 6.07) is 11.2. The number of aromatic nitrogens is 3. The first-order valence-electron chi connectivity index (χ1n) is 8.44. The van der Waals surface area contributed by atoms with Crippen LogP contribution in [-0.2, 0) is 9.59 Å². The molecule has 1 heterocycles. The monoisotopic (exact) mass is 383 g/mol. The minimum Gasteiger partial charge on any atom is -0.386 e. The third kappa shape index (κ3) is 4.57. The van der Waals surface area contributed by atoms with Crippen LogP contribution in [0.25, 0.3) is 5.69 Å². The van der Waals surface area contributed by atoms with E-state index in [1.54, 1.807) is 35.9 Å². The van der Waals surface area contributed by atoms with E-state index in [9.17, 15) is 19.1 Å². The van der Waals surface area contributed by atoms with E-state index in [0.29, 0.717) is 11.3 Å². The molecule has 3 aromatic rings. The van der Waals surface area contributed by atoms with Gasteiger partial charge in [-0.25, -0.2) is 14.1 Å². The fourth-order valence-electron chi connectivity index (χ4n) is 2.53. The van der Waals surface area contributed by atoms with E-state index in [1.165, 1.54) is 36.9 Å². The van der Waals surface area contributed by atoms with Crippen LogP contribution in [0.15, 0.2) is 61.2 Å². The molecule has 28 heavy (non-hydrogen) atoms. The van der Waals surface area contributed by atoms with Crippen molar-refractivity contribution in [3.63, 3.8) is 0 Å². The van der Waals surface area contributed by atoms with Crippen LogP contribution in [0.3, 0.4) is 0 Å². The van der Waals surface area contributed by atoms with Crippen LogP contribution < -0.4 is 10.6 Å². The highest BCUT2D eigenvalue weighted by atomic mass is 19.1. The van der Waals surface area contributed by atoms with E-state index in [-0.39, 0.29) is 0 Å². The SMILES string of the molecule is CC(NC(=O)C(=O)Nc1ccc(-n2cncn2)cc1)C(O)c1ccc(F)cc1. The van der Waals surface area contributed by atoms with Crippen molar-refractivity contribution in [2.75, 3.05) is 5.32 Å². The smallest absolute Gasteiger partial charge is 0.313 e. The van der Waals surface area contributed by atoms with Crippen molar-refractivity contribution < 1.29 is 19.1 Å². The molecule has 0 bridgehead atoms. The van der Waals surface area contributed by atoms with Gasteiger partial charge in [0.15, 0.2) is 0 Å². The molecule has 3 N–H and O–H groups in total. The molecule has 2 atom stereocenters. The average molecular weight is 383 g/mol. The van der Waals surface area contributed by atoms with Gasteiger partial charge in [-0.2, -0.15) is 5.10 Å². The minimum absolute atomic E-state index is 0.427. The molecule has 0 spiro atoms. The normalized spacial score (nSPS) is 12.8. The number of benzene rings is 2. The zero-order chi connectivity index (χ0) is 20.1. The van der Waals surface area contributed by atoms with E-state index in [4.69, 9.17) is 0 Å². The summed E-state index contributed by atoms with van der Waals surface area (Å²) in [6.07, 6.45) is 1.86. The first-order chi connectivity index (χ1) is 13.4. The number of aliphatic hydroxyl groups excluding tert-OH is 1. The highest BCUT2D eigenvalue weighted by Crippen LogP contribution is 2.17. The van der Waals surface area contributed by atoms with E-state index in [0.717, 1.165) is 5.69 Å². The van der Waals surface area contributed by atoms with Gasteiger partial charge < -0.3 is 15.7 Å². The van der Waals surface area contributed by atoms with E-state index in [2.05, 4.69) is 20.7 Å². The minimum atomic E-state index is -1.08. The second-order valence-electron chi connectivity index (χ2n) is 6.10. The lowest BCUT2D eigenvalue weighted by atomic mass is 10.0. The molecule has 0 aliphatic carbocycles. The Kier molecular flexibility index (Phi) is 5.75. The Morgan fingerprint density at radius 1 is 1.07 bits per heavy atom. The summed E-state index contributed by atoms with van der Waals surface area (Å²) in [5.74, 6) is -2.19. The second kappa shape index (κ2) is 8.40. The van der Waals surface area contributed by atoms with E-state index >= 15 is 0 Å². The average Bonchev–Trinajstić information content (AvgIpc) is 3.23. The van der Waals surface area contributed by atoms with Crippen molar-refractivity contribution in [2.45, 2.75) is 19.1 Å². The lowest BCUT2D eigenvalue weighted by Crippen LogP contribution is -2.43. The number of nitrogens with zero attached hydrogens (tertiary/aromatic N) is 3. The van der Waals surface area contributed by atoms with Gasteiger partial charge in [0.25, 0.3) is 0 Å². The maximum Gasteiger partial charge on any atom is 0.313 e. The van der Waals surface area contributed by atoms with E-state index < -0.39 is 29.8 Å². The Morgan fingerprint density at radius 2 is 1.75 bits per heavy atom. The number of aliphatic hydroxyl groups is 1. The molecule has 2 amide bonds. The van der Waals surface area contributed by atoms with Crippen LogP contribution in [0.4, 0.5) is 10.1 Å². The van der Waals surface area contributed by atoms with Crippen LogP contribution in [0.5, 0.6) is 0 Å². The number of anilines is 1. The number of hydrogen-bond donors (Lipinski definition) is 3. The van der Waals surface area contributed by atoms with Crippen molar-refractivity contribution in [1.82, 2.24) is 20.1 Å². The summed E-state index contributed by atoms with van der Waals surface area (Å²) in [7, 11) is 0. The number of carbonyl (C=O) groups excluding carboxylic acids is 2. The molecule has 8 nitrogen and oxygen atoms in total. The Labute approximate surface area is 160 Å². The summed E-state index contributed by atoms with van der Waals surface area (Å²) in [5.41, 5.74) is 1.60. The predicted molar refractivity (Wildman–Crippen MR) is 99.0 cm³/mol. The molecule has 3 rings (SSSR count). The third-order valence-corrected chi connectivity index (χ3v) is 4.06. The van der Waals surface area contributed by atoms with Crippen molar-refractivity contribution in [3.8, 4) is 5.69 Å². The molecule has 0 radical (unpaired) electrons. The Hall–Kier alpha value is -3.59. The van der Waals surface area contributed by atoms with Crippen molar-refractivity contribution >= 4 is 17.5 Å². The second-order valence-corrected chi connectivity index (χ2v) is 6.10. The molecule has 0 saturated carbocycles. The van der Waals surface area contributed by atoms with Gasteiger partial charge >= 0.3 is 11.8 Å². The van der Waals surface area contributed by atoms with Crippen molar-refractivity contribution in [3.05, 3.63) is 72.6 Å². The predicted octanol–water partition coefficient (Wildman–Crippen LogP) is 1.58. The third-order valence-electron chi connectivity index (χ3n) is 4.06. The topological polar surface area (TPSA) is 109 Å². The zero-order valence-corrected chi connectivity index (χ0v) is 14.9. The van der Waals surface area contributed by atoms with Gasteiger partial charge in [-0.3, -0.25) is 9.59 Å². The molecule has 2 unspecified atom stereocenters.